The van der Waals surface area contributed by atoms with Crippen molar-refractivity contribution >= 4 is 0 Å². The minimum Gasteiger partial charge on any atom is -0.390 e. The monoisotopic (exact) mass is 268 g/mol. The van der Waals surface area contributed by atoms with Crippen molar-refractivity contribution < 1.29 is 20.1 Å². The van der Waals surface area contributed by atoms with E-state index in [4.69, 9.17) is 4.74 Å². The van der Waals surface area contributed by atoms with Crippen LogP contribution in [0.1, 0.15) is 40.0 Å². The van der Waals surface area contributed by atoms with Crippen LogP contribution in [0.3, 0.4) is 0 Å². The van der Waals surface area contributed by atoms with Crippen LogP contribution in [0.25, 0.3) is 0 Å². The lowest BCUT2D eigenvalue weighted by Crippen LogP contribution is -2.61. The number of hydrogen-bond donors (Lipinski definition) is 3. The Labute approximate surface area is 113 Å². The Morgan fingerprint density at radius 2 is 1.79 bits per heavy atom. The van der Waals surface area contributed by atoms with Crippen molar-refractivity contribution in [2.24, 2.45) is 28.1 Å². The Bertz CT molecular complexity index is 449. The van der Waals surface area contributed by atoms with Gasteiger partial charge in [0.2, 0.25) is 0 Å². The molecule has 7 atom stereocenters. The zero-order valence-electron chi connectivity index (χ0n) is 11.9. The summed E-state index contributed by atoms with van der Waals surface area (Å²) >= 11 is 0. The Morgan fingerprint density at radius 3 is 2.47 bits per heavy atom. The van der Waals surface area contributed by atoms with Gasteiger partial charge in [0.1, 0.15) is 5.60 Å². The highest BCUT2D eigenvalue weighted by Gasteiger charge is 2.87. The van der Waals surface area contributed by atoms with Crippen LogP contribution in [-0.4, -0.2) is 39.9 Å². The summed E-state index contributed by atoms with van der Waals surface area (Å²) in [6.45, 7) is 6.71. The second-order valence-electron chi connectivity index (χ2n) is 8.44. The molecular formula is C15H24O4. The SMILES string of the molecule is CC1(C)C[C@@H]2[C@H](C1)[C@@]1(C)C[C@]13C(O)OC[C@]3(O)[C@H]2O. The number of hydrogen-bond acceptors (Lipinski definition) is 4. The van der Waals surface area contributed by atoms with Gasteiger partial charge in [-0.15, -0.1) is 0 Å². The zero-order chi connectivity index (χ0) is 13.8. The molecule has 0 radical (unpaired) electrons. The molecule has 4 aliphatic rings. The Hall–Kier alpha value is -0.160. The summed E-state index contributed by atoms with van der Waals surface area (Å²) in [7, 11) is 0. The maximum Gasteiger partial charge on any atom is 0.163 e. The standard InChI is InChI=1S/C15H24O4/c1-12(2)4-8-9(5-12)13(3)6-14(13)11(17)19-7-15(14,18)10(8)16/h8-11,16-18H,4-7H2,1-3H3/t8-,9+,10+,11?,13-,14+,15+/m1/s1. The lowest BCUT2D eigenvalue weighted by atomic mass is 9.60. The molecule has 19 heavy (non-hydrogen) atoms. The maximum absolute atomic E-state index is 11.0. The molecule has 3 N–H and O–H groups in total. The van der Waals surface area contributed by atoms with E-state index in [0.717, 1.165) is 19.3 Å². The molecule has 1 saturated heterocycles. The largest absolute Gasteiger partial charge is 0.390 e. The average molecular weight is 268 g/mol. The third-order valence-corrected chi connectivity index (χ3v) is 6.99. The van der Waals surface area contributed by atoms with Gasteiger partial charge in [0.05, 0.1) is 18.1 Å². The third kappa shape index (κ3) is 1.10. The molecule has 1 heterocycles. The van der Waals surface area contributed by atoms with Gasteiger partial charge in [0.15, 0.2) is 6.29 Å². The molecule has 3 aliphatic carbocycles. The summed E-state index contributed by atoms with van der Waals surface area (Å²) in [4.78, 5) is 0. The highest BCUT2D eigenvalue weighted by atomic mass is 16.6. The molecule has 0 aromatic carbocycles. The smallest absolute Gasteiger partial charge is 0.163 e. The lowest BCUT2D eigenvalue weighted by molar-refractivity contribution is -0.188. The minimum absolute atomic E-state index is 0.0641. The van der Waals surface area contributed by atoms with Crippen LogP contribution in [0.5, 0.6) is 0 Å². The van der Waals surface area contributed by atoms with E-state index < -0.39 is 23.4 Å². The summed E-state index contributed by atoms with van der Waals surface area (Å²) < 4.78 is 5.35. The third-order valence-electron chi connectivity index (χ3n) is 6.99. The first kappa shape index (κ1) is 12.6. The van der Waals surface area contributed by atoms with E-state index in [0.29, 0.717) is 5.92 Å². The predicted octanol–water partition coefficient (Wildman–Crippen LogP) is 0.889. The Kier molecular flexibility index (Phi) is 2.01. The fourth-order valence-electron chi connectivity index (χ4n) is 6.05. The van der Waals surface area contributed by atoms with Gasteiger partial charge in [-0.05, 0) is 41.9 Å². The lowest BCUT2D eigenvalue weighted by Gasteiger charge is -2.48. The zero-order valence-corrected chi connectivity index (χ0v) is 11.9. The second-order valence-corrected chi connectivity index (χ2v) is 8.44. The summed E-state index contributed by atoms with van der Waals surface area (Å²) in [5.41, 5.74) is -1.77. The molecule has 4 fully saturated rings. The molecule has 1 aliphatic heterocycles. The molecule has 4 nitrogen and oxygen atoms in total. The van der Waals surface area contributed by atoms with Gasteiger partial charge in [-0.3, -0.25) is 0 Å². The molecule has 0 aromatic rings. The van der Waals surface area contributed by atoms with Gasteiger partial charge in [-0.25, -0.2) is 0 Å². The molecule has 0 amide bonds. The number of aliphatic hydroxyl groups is 3. The molecular weight excluding hydrogens is 244 g/mol. The van der Waals surface area contributed by atoms with Crippen molar-refractivity contribution in [1.82, 2.24) is 0 Å². The quantitative estimate of drug-likeness (QED) is 0.610. The molecule has 0 bridgehead atoms. The first-order chi connectivity index (χ1) is 8.68. The molecule has 1 spiro atoms. The normalized spacial score (nSPS) is 65.4. The number of ether oxygens (including phenoxy) is 1. The fourth-order valence-corrected chi connectivity index (χ4v) is 6.05. The number of aliphatic hydroxyl groups excluding tert-OH is 2. The van der Waals surface area contributed by atoms with E-state index in [-0.39, 0.29) is 23.4 Å². The number of fused-ring (bicyclic) bond motifs is 2. The summed E-state index contributed by atoms with van der Waals surface area (Å²) in [5, 5.41) is 32.0. The highest BCUT2D eigenvalue weighted by Crippen LogP contribution is 2.83. The molecule has 3 saturated carbocycles. The summed E-state index contributed by atoms with van der Waals surface area (Å²) in [6.07, 6.45) is 1.08. The van der Waals surface area contributed by atoms with Crippen molar-refractivity contribution in [3.8, 4) is 0 Å². The summed E-state index contributed by atoms with van der Waals surface area (Å²) in [5.74, 6) is 0.517. The van der Waals surface area contributed by atoms with Gasteiger partial charge in [-0.2, -0.15) is 0 Å². The molecule has 1 unspecified atom stereocenters. The van der Waals surface area contributed by atoms with Crippen LogP contribution < -0.4 is 0 Å². The molecule has 4 rings (SSSR count). The molecule has 108 valence electrons. The summed E-state index contributed by atoms with van der Waals surface area (Å²) in [6, 6.07) is 0. The van der Waals surface area contributed by atoms with E-state index in [1.54, 1.807) is 0 Å². The minimum atomic E-state index is -1.26. The van der Waals surface area contributed by atoms with Crippen LogP contribution in [-0.2, 0) is 4.74 Å². The van der Waals surface area contributed by atoms with Crippen molar-refractivity contribution in [2.45, 2.75) is 58.0 Å². The van der Waals surface area contributed by atoms with E-state index in [9.17, 15) is 15.3 Å². The molecule has 0 aromatic heterocycles. The van der Waals surface area contributed by atoms with Crippen LogP contribution in [0.4, 0.5) is 0 Å². The van der Waals surface area contributed by atoms with Crippen LogP contribution >= 0.6 is 0 Å². The average Bonchev–Trinajstić information content (AvgIpc) is 2.73. The van der Waals surface area contributed by atoms with Crippen molar-refractivity contribution in [2.75, 3.05) is 6.61 Å². The second kappa shape index (κ2) is 3.03. The van der Waals surface area contributed by atoms with Gasteiger partial charge in [0, 0.05) is 0 Å². The van der Waals surface area contributed by atoms with E-state index in [2.05, 4.69) is 20.8 Å². The van der Waals surface area contributed by atoms with Crippen LogP contribution in [0.2, 0.25) is 0 Å². The van der Waals surface area contributed by atoms with Gasteiger partial charge in [0.25, 0.3) is 0 Å². The van der Waals surface area contributed by atoms with Gasteiger partial charge < -0.3 is 20.1 Å². The Balaban J connectivity index is 1.83. The van der Waals surface area contributed by atoms with E-state index in [1.807, 2.05) is 0 Å². The van der Waals surface area contributed by atoms with Crippen molar-refractivity contribution in [3.05, 3.63) is 0 Å². The van der Waals surface area contributed by atoms with Gasteiger partial charge >= 0.3 is 0 Å². The first-order valence-corrected chi connectivity index (χ1v) is 7.38. The van der Waals surface area contributed by atoms with Crippen molar-refractivity contribution in [1.29, 1.82) is 0 Å². The maximum atomic E-state index is 11.0. The topological polar surface area (TPSA) is 69.9 Å². The molecule has 4 heteroatoms. The van der Waals surface area contributed by atoms with E-state index >= 15 is 0 Å². The van der Waals surface area contributed by atoms with Crippen LogP contribution in [0, 0.1) is 28.1 Å². The first-order valence-electron chi connectivity index (χ1n) is 7.38. The van der Waals surface area contributed by atoms with Crippen LogP contribution in [0.15, 0.2) is 0 Å². The fraction of sp³-hybridized carbons (Fsp3) is 1.00. The van der Waals surface area contributed by atoms with Gasteiger partial charge in [-0.1, -0.05) is 20.8 Å². The number of rotatable bonds is 0. The highest BCUT2D eigenvalue weighted by molar-refractivity contribution is 5.33. The predicted molar refractivity (Wildman–Crippen MR) is 68.1 cm³/mol. The Morgan fingerprint density at radius 1 is 1.11 bits per heavy atom. The van der Waals surface area contributed by atoms with E-state index in [1.165, 1.54) is 0 Å². The van der Waals surface area contributed by atoms with Crippen molar-refractivity contribution in [3.63, 3.8) is 0 Å².